The van der Waals surface area contributed by atoms with Crippen LogP contribution >= 0.6 is 0 Å². The van der Waals surface area contributed by atoms with Crippen LogP contribution in [0.3, 0.4) is 0 Å². The minimum atomic E-state index is -1.65. The minimum Gasteiger partial charge on any atom is -0.394 e. The van der Waals surface area contributed by atoms with Gasteiger partial charge in [-0.05, 0) is 0 Å². The summed E-state index contributed by atoms with van der Waals surface area (Å²) in [6, 6.07) is 0. The van der Waals surface area contributed by atoms with Gasteiger partial charge in [0, 0.05) is 0 Å². The first-order valence-electron chi connectivity index (χ1n) is 4.64. The van der Waals surface area contributed by atoms with Crippen LogP contribution in [0.5, 0.6) is 0 Å². The molecule has 0 bridgehead atoms. The summed E-state index contributed by atoms with van der Waals surface area (Å²) in [6.07, 6.45) is -7.30. The number of aliphatic hydroxyl groups excluding tert-OH is 5. The van der Waals surface area contributed by atoms with Gasteiger partial charge in [-0.1, -0.05) is 0 Å². The van der Waals surface area contributed by atoms with Gasteiger partial charge in [0.25, 0.3) is 0 Å². The molecular weight excluding hydrogens is 208 g/mol. The monoisotopic (exact) mass is 224 g/mol. The van der Waals surface area contributed by atoms with Crippen LogP contribution in [0.15, 0.2) is 0 Å². The highest BCUT2D eigenvalue weighted by Gasteiger charge is 2.37. The summed E-state index contributed by atoms with van der Waals surface area (Å²) in [5, 5.41) is 45.8. The highest BCUT2D eigenvalue weighted by molar-refractivity contribution is 4.83. The third kappa shape index (κ3) is 3.08. The Balaban J connectivity index is 2.46. The molecule has 0 spiro atoms. The Morgan fingerprint density at radius 3 is 2.00 bits per heavy atom. The van der Waals surface area contributed by atoms with Gasteiger partial charge in [0.2, 0.25) is 0 Å². The number of hydrogen-bond donors (Lipinski definition) is 5. The summed E-state index contributed by atoms with van der Waals surface area (Å²) in [4.78, 5) is 0. The molecule has 4 atom stereocenters. The second-order valence-electron chi connectivity index (χ2n) is 3.33. The van der Waals surface area contributed by atoms with Crippen molar-refractivity contribution in [2.24, 2.45) is 0 Å². The van der Waals surface area contributed by atoms with Crippen LogP contribution in [0.1, 0.15) is 0 Å². The third-order valence-electron chi connectivity index (χ3n) is 2.21. The molecule has 1 rings (SSSR count). The van der Waals surface area contributed by atoms with Crippen LogP contribution in [0.2, 0.25) is 0 Å². The molecule has 0 amide bonds. The molecule has 90 valence electrons. The summed E-state index contributed by atoms with van der Waals surface area (Å²) >= 11 is 0. The Hall–Kier alpha value is -0.280. The van der Waals surface area contributed by atoms with Gasteiger partial charge in [0.15, 0.2) is 6.29 Å². The molecule has 1 aliphatic heterocycles. The van der Waals surface area contributed by atoms with Gasteiger partial charge < -0.3 is 35.0 Å². The van der Waals surface area contributed by atoms with Gasteiger partial charge in [-0.3, -0.25) is 0 Å². The lowest BCUT2D eigenvalue weighted by Crippen LogP contribution is -2.50. The van der Waals surface area contributed by atoms with Crippen LogP contribution < -0.4 is 0 Å². The normalized spacial score (nSPS) is 26.2. The summed E-state index contributed by atoms with van der Waals surface area (Å²) in [5.41, 5.74) is 0. The topological polar surface area (TPSA) is 120 Å². The van der Waals surface area contributed by atoms with Gasteiger partial charge in [-0.2, -0.15) is 0 Å². The molecule has 7 nitrogen and oxygen atoms in total. The van der Waals surface area contributed by atoms with Gasteiger partial charge in [-0.15, -0.1) is 0 Å². The Bertz CT molecular complexity index is 182. The second kappa shape index (κ2) is 5.71. The van der Waals surface area contributed by atoms with Gasteiger partial charge >= 0.3 is 0 Å². The maximum absolute atomic E-state index is 9.48. The molecule has 0 aromatic carbocycles. The zero-order valence-electron chi connectivity index (χ0n) is 8.06. The first-order chi connectivity index (χ1) is 7.07. The van der Waals surface area contributed by atoms with E-state index in [0.717, 1.165) is 0 Å². The van der Waals surface area contributed by atoms with Crippen LogP contribution in [0.25, 0.3) is 0 Å². The van der Waals surface area contributed by atoms with Crippen LogP contribution in [-0.4, -0.2) is 76.1 Å². The number of hydrogen-bond acceptors (Lipinski definition) is 7. The van der Waals surface area contributed by atoms with Crippen LogP contribution in [0.4, 0.5) is 0 Å². The van der Waals surface area contributed by atoms with Crippen LogP contribution in [0, 0.1) is 0 Å². The molecule has 1 fully saturated rings. The fraction of sp³-hybridized carbons (Fsp3) is 1.00. The van der Waals surface area contributed by atoms with E-state index >= 15 is 0 Å². The lowest BCUT2D eigenvalue weighted by Gasteiger charge is -2.27. The Kier molecular flexibility index (Phi) is 4.87. The highest BCUT2D eigenvalue weighted by Crippen LogP contribution is 2.15. The summed E-state index contributed by atoms with van der Waals surface area (Å²) in [7, 11) is 0. The first kappa shape index (κ1) is 12.8. The van der Waals surface area contributed by atoms with Gasteiger partial charge in [-0.25, -0.2) is 0 Å². The van der Waals surface area contributed by atoms with E-state index in [1.807, 2.05) is 0 Å². The average Bonchev–Trinajstić information content (AvgIpc) is 2.78. The van der Waals surface area contributed by atoms with Gasteiger partial charge in [0.1, 0.15) is 24.4 Å². The molecule has 0 aliphatic carbocycles. The predicted octanol–water partition coefficient (Wildman–Crippen LogP) is -3.20. The van der Waals surface area contributed by atoms with Crippen molar-refractivity contribution >= 4 is 0 Å². The molecule has 1 saturated heterocycles. The molecule has 1 aliphatic rings. The molecule has 0 unspecified atom stereocenters. The maximum atomic E-state index is 9.48. The Morgan fingerprint density at radius 2 is 1.53 bits per heavy atom. The summed E-state index contributed by atoms with van der Waals surface area (Å²) in [6.45, 7) is -0.114. The molecule has 0 radical (unpaired) electrons. The minimum absolute atomic E-state index is 0.299. The average molecular weight is 224 g/mol. The standard InChI is InChI=1S/C8H16O7/c9-3-4(10)5(11)6(12)7(13)8-14-1-2-15-8/h4-13H,1-3H2/t4-,5-,6+,7+/m0/s1. The summed E-state index contributed by atoms with van der Waals surface area (Å²) in [5.74, 6) is 0. The quantitative estimate of drug-likeness (QED) is 0.333. The highest BCUT2D eigenvalue weighted by atomic mass is 16.7. The zero-order valence-corrected chi connectivity index (χ0v) is 8.06. The zero-order chi connectivity index (χ0) is 11.4. The third-order valence-corrected chi connectivity index (χ3v) is 2.21. The van der Waals surface area contributed by atoms with E-state index in [-0.39, 0.29) is 0 Å². The number of ether oxygens (including phenoxy) is 2. The molecule has 15 heavy (non-hydrogen) atoms. The molecule has 0 aromatic heterocycles. The van der Waals surface area contributed by atoms with Crippen LogP contribution in [-0.2, 0) is 9.47 Å². The lowest BCUT2D eigenvalue weighted by atomic mass is 10.0. The van der Waals surface area contributed by atoms with Crippen molar-refractivity contribution in [2.75, 3.05) is 19.8 Å². The van der Waals surface area contributed by atoms with Gasteiger partial charge in [0.05, 0.1) is 19.8 Å². The van der Waals surface area contributed by atoms with E-state index in [0.29, 0.717) is 13.2 Å². The fourth-order valence-electron chi connectivity index (χ4n) is 1.27. The molecule has 0 saturated carbocycles. The van der Waals surface area contributed by atoms with E-state index in [9.17, 15) is 15.3 Å². The van der Waals surface area contributed by atoms with Crippen molar-refractivity contribution in [1.29, 1.82) is 0 Å². The maximum Gasteiger partial charge on any atom is 0.186 e. The van der Waals surface area contributed by atoms with Crippen molar-refractivity contribution < 1.29 is 35.0 Å². The molecule has 0 aromatic rings. The number of rotatable bonds is 5. The first-order valence-corrected chi connectivity index (χ1v) is 4.64. The van der Waals surface area contributed by atoms with Crippen molar-refractivity contribution in [3.05, 3.63) is 0 Å². The fourth-order valence-corrected chi connectivity index (χ4v) is 1.27. The molecular formula is C8H16O7. The van der Waals surface area contributed by atoms with Crippen molar-refractivity contribution in [1.82, 2.24) is 0 Å². The molecule has 7 heteroatoms. The van der Waals surface area contributed by atoms with Crippen molar-refractivity contribution in [3.63, 3.8) is 0 Å². The molecule has 1 heterocycles. The second-order valence-corrected chi connectivity index (χ2v) is 3.33. The van der Waals surface area contributed by atoms with E-state index in [4.69, 9.17) is 19.7 Å². The largest absolute Gasteiger partial charge is 0.394 e. The van der Waals surface area contributed by atoms with E-state index in [2.05, 4.69) is 0 Å². The lowest BCUT2D eigenvalue weighted by molar-refractivity contribution is -0.188. The Labute approximate surface area is 86.5 Å². The van der Waals surface area contributed by atoms with Crippen molar-refractivity contribution in [2.45, 2.75) is 30.7 Å². The Morgan fingerprint density at radius 1 is 1.00 bits per heavy atom. The van der Waals surface area contributed by atoms with E-state index in [1.165, 1.54) is 0 Å². The van der Waals surface area contributed by atoms with E-state index < -0.39 is 37.3 Å². The summed E-state index contributed by atoms with van der Waals surface area (Å²) < 4.78 is 9.82. The molecule has 5 N–H and O–H groups in total. The van der Waals surface area contributed by atoms with E-state index in [1.54, 1.807) is 0 Å². The smallest absolute Gasteiger partial charge is 0.186 e. The van der Waals surface area contributed by atoms with Crippen molar-refractivity contribution in [3.8, 4) is 0 Å². The predicted molar refractivity (Wildman–Crippen MR) is 46.8 cm³/mol. The number of aliphatic hydroxyl groups is 5. The SMILES string of the molecule is OC[C@H](O)[C@H](O)[C@@H](O)[C@@H](O)C1OCCO1.